The van der Waals surface area contributed by atoms with Gasteiger partial charge in [-0.05, 0) is 47.3 Å². The zero-order chi connectivity index (χ0) is 26.3. The third-order valence-corrected chi connectivity index (χ3v) is 7.92. The van der Waals surface area contributed by atoms with Gasteiger partial charge in [0.05, 0.1) is 0 Å². The first kappa shape index (κ1) is 27.8. The number of hydrogen-bond donors (Lipinski definition) is 1. The second-order valence-electron chi connectivity index (χ2n) is 10.3. The van der Waals surface area contributed by atoms with E-state index in [1.807, 2.05) is 43.3 Å². The highest BCUT2D eigenvalue weighted by Crippen LogP contribution is 2.39. The minimum absolute atomic E-state index is 0.0623. The van der Waals surface area contributed by atoms with Gasteiger partial charge in [0.2, 0.25) is 0 Å². The molecule has 0 saturated carbocycles. The Morgan fingerprint density at radius 2 is 1.69 bits per heavy atom. The molecule has 1 atom stereocenters. The highest BCUT2D eigenvalue weighted by Gasteiger charge is 2.29. The van der Waals surface area contributed by atoms with E-state index in [4.69, 9.17) is 9.15 Å². The molecular formula is C29H39N3O3S. The lowest BCUT2D eigenvalue weighted by Gasteiger charge is -2.31. The summed E-state index contributed by atoms with van der Waals surface area (Å²) in [5, 5.41) is 11.2. The summed E-state index contributed by atoms with van der Waals surface area (Å²) in [5.74, 6) is 1.14. The molecule has 0 aliphatic carbocycles. The molecule has 0 radical (unpaired) electrons. The summed E-state index contributed by atoms with van der Waals surface area (Å²) in [5.41, 5.74) is 3.52. The van der Waals surface area contributed by atoms with Gasteiger partial charge in [0.15, 0.2) is 6.10 Å². The summed E-state index contributed by atoms with van der Waals surface area (Å²) in [4.78, 5) is 13.1. The maximum absolute atomic E-state index is 13.1. The molecule has 2 aromatic carbocycles. The minimum atomic E-state index is -0.686. The number of ether oxygens (including phenoxy) is 1. The van der Waals surface area contributed by atoms with Gasteiger partial charge < -0.3 is 9.15 Å². The maximum Gasteiger partial charge on any atom is 0.323 e. The predicted molar refractivity (Wildman–Crippen MR) is 147 cm³/mol. The zero-order valence-corrected chi connectivity index (χ0v) is 23.4. The number of anilines is 1. The molecule has 1 amide bonds. The average molecular weight is 510 g/mol. The van der Waals surface area contributed by atoms with Crippen molar-refractivity contribution in [2.45, 2.75) is 95.6 Å². The van der Waals surface area contributed by atoms with Gasteiger partial charge >= 0.3 is 6.01 Å². The number of thioether (sulfide) groups is 1. The van der Waals surface area contributed by atoms with Crippen LogP contribution in [0, 0.1) is 0 Å². The molecule has 1 heterocycles. The van der Waals surface area contributed by atoms with Crippen molar-refractivity contribution in [3.05, 3.63) is 65.2 Å². The van der Waals surface area contributed by atoms with Crippen molar-refractivity contribution in [1.82, 2.24) is 10.2 Å². The Hall–Kier alpha value is -2.80. The van der Waals surface area contributed by atoms with Crippen LogP contribution < -0.4 is 10.1 Å². The summed E-state index contributed by atoms with van der Waals surface area (Å²) >= 11 is 1.43. The lowest BCUT2D eigenvalue weighted by Crippen LogP contribution is -2.33. The van der Waals surface area contributed by atoms with Crippen molar-refractivity contribution in [1.29, 1.82) is 0 Å². The molecule has 0 spiro atoms. The lowest BCUT2D eigenvalue weighted by atomic mass is 9.76. The fraction of sp³-hybridized carbons (Fsp3) is 0.483. The first-order chi connectivity index (χ1) is 17.1. The summed E-state index contributed by atoms with van der Waals surface area (Å²) < 4.78 is 12.0. The first-order valence-corrected chi connectivity index (χ1v) is 13.7. The lowest BCUT2D eigenvalue weighted by molar-refractivity contribution is -0.123. The van der Waals surface area contributed by atoms with E-state index in [2.05, 4.69) is 69.2 Å². The molecule has 6 nitrogen and oxygen atoms in total. The van der Waals surface area contributed by atoms with Crippen molar-refractivity contribution in [2.75, 3.05) is 5.32 Å². The minimum Gasteiger partial charge on any atom is -0.480 e. The summed E-state index contributed by atoms with van der Waals surface area (Å²) in [7, 11) is 0. The third kappa shape index (κ3) is 6.90. The highest BCUT2D eigenvalue weighted by molar-refractivity contribution is 7.98. The Bertz CT molecular complexity index is 1140. The Morgan fingerprint density at radius 3 is 2.33 bits per heavy atom. The first-order valence-electron chi connectivity index (χ1n) is 12.7. The molecule has 0 saturated heterocycles. The number of hydrogen-bond acceptors (Lipinski definition) is 6. The fourth-order valence-electron chi connectivity index (χ4n) is 3.68. The number of amides is 1. The van der Waals surface area contributed by atoms with E-state index >= 15 is 0 Å². The topological polar surface area (TPSA) is 77.2 Å². The molecule has 0 fully saturated rings. The molecule has 194 valence electrons. The number of benzene rings is 2. The van der Waals surface area contributed by atoms with Gasteiger partial charge in [0.1, 0.15) is 5.75 Å². The van der Waals surface area contributed by atoms with Gasteiger partial charge in [-0.2, -0.15) is 0 Å². The van der Waals surface area contributed by atoms with Crippen molar-refractivity contribution < 1.29 is 13.9 Å². The number of rotatable bonds is 12. The molecule has 3 aromatic rings. The highest BCUT2D eigenvalue weighted by atomic mass is 32.2. The summed E-state index contributed by atoms with van der Waals surface area (Å²) in [6.45, 7) is 15.2. The molecule has 1 unspecified atom stereocenters. The predicted octanol–water partition coefficient (Wildman–Crippen LogP) is 7.53. The van der Waals surface area contributed by atoms with E-state index < -0.39 is 6.10 Å². The van der Waals surface area contributed by atoms with Gasteiger partial charge in [0.25, 0.3) is 11.1 Å². The molecule has 36 heavy (non-hydrogen) atoms. The van der Waals surface area contributed by atoms with Crippen LogP contribution in [0.15, 0.2) is 58.2 Å². The average Bonchev–Trinajstić information content (AvgIpc) is 3.33. The zero-order valence-electron chi connectivity index (χ0n) is 22.6. The smallest absolute Gasteiger partial charge is 0.323 e. The summed E-state index contributed by atoms with van der Waals surface area (Å²) in [6.07, 6.45) is 1.81. The van der Waals surface area contributed by atoms with E-state index in [9.17, 15) is 4.79 Å². The van der Waals surface area contributed by atoms with Crippen LogP contribution in [0.1, 0.15) is 84.4 Å². The van der Waals surface area contributed by atoms with Crippen molar-refractivity contribution in [2.24, 2.45) is 0 Å². The monoisotopic (exact) mass is 509 g/mol. The molecule has 3 rings (SSSR count). The molecule has 0 aliphatic heterocycles. The van der Waals surface area contributed by atoms with Crippen LogP contribution in [0.3, 0.4) is 0 Å². The quantitative estimate of drug-likeness (QED) is 0.254. The Balaban J connectivity index is 1.73. The van der Waals surface area contributed by atoms with Crippen LogP contribution in [0.5, 0.6) is 5.75 Å². The fourth-order valence-corrected chi connectivity index (χ4v) is 4.40. The normalized spacial score (nSPS) is 12.9. The number of carbonyl (C=O) groups is 1. The Morgan fingerprint density at radius 1 is 1.00 bits per heavy atom. The standard InChI is InChI=1S/C29H39N3O3S/c1-8-23(25(33)30-26-31-32-27(35-26)36-19-20-14-12-11-13-15-20)34-24-17-16-21(28(4,5)9-2)18-22(24)29(6,7)10-3/h11-18,23H,8-10,19H2,1-7H3,(H,30,31,33). The van der Waals surface area contributed by atoms with Gasteiger partial charge in [-0.1, -0.05) is 113 Å². The molecular weight excluding hydrogens is 470 g/mol. The molecule has 1 aromatic heterocycles. The molecule has 0 bridgehead atoms. The second-order valence-corrected chi connectivity index (χ2v) is 11.3. The summed E-state index contributed by atoms with van der Waals surface area (Å²) in [6, 6.07) is 16.5. The number of nitrogens with one attached hydrogen (secondary N) is 1. The van der Waals surface area contributed by atoms with E-state index in [-0.39, 0.29) is 22.8 Å². The van der Waals surface area contributed by atoms with Crippen molar-refractivity contribution in [3.63, 3.8) is 0 Å². The van der Waals surface area contributed by atoms with Gasteiger partial charge in [-0.15, -0.1) is 0 Å². The Kier molecular flexibility index (Phi) is 9.23. The number of nitrogens with zero attached hydrogens (tertiary/aromatic N) is 2. The van der Waals surface area contributed by atoms with Crippen LogP contribution >= 0.6 is 11.8 Å². The van der Waals surface area contributed by atoms with Crippen molar-refractivity contribution >= 4 is 23.7 Å². The van der Waals surface area contributed by atoms with Crippen molar-refractivity contribution in [3.8, 4) is 5.75 Å². The molecule has 1 N–H and O–H groups in total. The molecule has 7 heteroatoms. The SMILES string of the molecule is CCC(Oc1ccc(C(C)(C)CC)cc1C(C)(C)CC)C(=O)Nc1nnc(SCc2ccccc2)o1. The largest absolute Gasteiger partial charge is 0.480 e. The number of aromatic nitrogens is 2. The van der Waals surface area contributed by atoms with E-state index in [1.165, 1.54) is 17.3 Å². The van der Waals surface area contributed by atoms with E-state index in [1.54, 1.807) is 0 Å². The van der Waals surface area contributed by atoms with Gasteiger partial charge in [-0.3, -0.25) is 10.1 Å². The van der Waals surface area contributed by atoms with E-state index in [0.717, 1.165) is 29.7 Å². The van der Waals surface area contributed by atoms with Crippen LogP contribution in [-0.4, -0.2) is 22.2 Å². The maximum atomic E-state index is 13.1. The third-order valence-electron chi connectivity index (χ3n) is 7.03. The Labute approximate surface area is 219 Å². The number of carbonyl (C=O) groups excluding carboxylic acids is 1. The van der Waals surface area contributed by atoms with Crippen LogP contribution in [0.2, 0.25) is 0 Å². The van der Waals surface area contributed by atoms with E-state index in [0.29, 0.717) is 17.4 Å². The van der Waals surface area contributed by atoms with Crippen LogP contribution in [-0.2, 0) is 21.4 Å². The van der Waals surface area contributed by atoms with Gasteiger partial charge in [-0.25, -0.2) is 0 Å². The van der Waals surface area contributed by atoms with Crippen LogP contribution in [0.25, 0.3) is 0 Å². The molecule has 0 aliphatic rings. The van der Waals surface area contributed by atoms with Crippen LogP contribution in [0.4, 0.5) is 6.01 Å². The second kappa shape index (κ2) is 12.0. The van der Waals surface area contributed by atoms with Gasteiger partial charge in [0, 0.05) is 11.3 Å².